The smallest absolute Gasteiger partial charge is 0.255 e. The number of carbonyl (C=O) groups excluding carboxylic acids is 2. The molecule has 0 saturated carbocycles. The average molecular weight is 463 g/mol. The maximum atomic E-state index is 13.2. The molecule has 0 aliphatic carbocycles. The average Bonchev–Trinajstić information content (AvgIpc) is 3.45. The minimum absolute atomic E-state index is 0.234. The highest BCUT2D eigenvalue weighted by Gasteiger charge is 2.35. The van der Waals surface area contributed by atoms with Crippen molar-refractivity contribution in [1.29, 1.82) is 5.26 Å². The van der Waals surface area contributed by atoms with Gasteiger partial charge in [0, 0.05) is 17.0 Å². The van der Waals surface area contributed by atoms with Gasteiger partial charge in [-0.25, -0.2) is 0 Å². The predicted molar refractivity (Wildman–Crippen MR) is 124 cm³/mol. The first-order chi connectivity index (χ1) is 16.0. The van der Waals surface area contributed by atoms with E-state index in [0.29, 0.717) is 40.0 Å². The summed E-state index contributed by atoms with van der Waals surface area (Å²) in [6, 6.07) is 15.0. The van der Waals surface area contributed by atoms with Gasteiger partial charge in [-0.1, -0.05) is 11.2 Å². The fraction of sp³-hybridized carbons (Fsp3) is 0.250. The maximum absolute atomic E-state index is 13.2. The van der Waals surface area contributed by atoms with Gasteiger partial charge in [-0.15, -0.1) is 11.8 Å². The van der Waals surface area contributed by atoms with E-state index in [1.807, 2.05) is 19.9 Å². The molecule has 2 amide bonds. The summed E-state index contributed by atoms with van der Waals surface area (Å²) in [4.78, 5) is 27.6. The van der Waals surface area contributed by atoms with E-state index in [0.717, 1.165) is 11.3 Å². The molecule has 1 aromatic heterocycles. The largest absolute Gasteiger partial charge is 0.489 e. The molecule has 2 heterocycles. The molecule has 3 aromatic rings. The highest BCUT2D eigenvalue weighted by atomic mass is 32.2. The molecule has 8 nitrogen and oxygen atoms in total. The van der Waals surface area contributed by atoms with E-state index in [2.05, 4.69) is 10.5 Å². The molecule has 0 radical (unpaired) electrons. The summed E-state index contributed by atoms with van der Waals surface area (Å²) in [6.45, 7) is 3.96. The standard InChI is InChI=1S/C24H22N4O4S/c1-15-21(16(2)32-27-15)12-31-20-5-3-4-18(10-20)24(30)28-14-33-13-22(28)23(29)26-19-8-6-17(11-25)7-9-19/h3-10,22H,12-14H2,1-2H3,(H,26,29). The normalized spacial score (nSPS) is 15.2. The minimum Gasteiger partial charge on any atom is -0.489 e. The van der Waals surface area contributed by atoms with Gasteiger partial charge in [0.1, 0.15) is 24.2 Å². The number of nitrogens with zero attached hydrogens (tertiary/aromatic N) is 3. The number of carbonyl (C=O) groups is 2. The molecular weight excluding hydrogens is 440 g/mol. The fourth-order valence-corrected chi connectivity index (χ4v) is 4.62. The number of aromatic nitrogens is 1. The van der Waals surface area contributed by atoms with E-state index < -0.39 is 6.04 Å². The van der Waals surface area contributed by atoms with Crippen LogP contribution in [0.15, 0.2) is 53.1 Å². The van der Waals surface area contributed by atoms with Crippen LogP contribution >= 0.6 is 11.8 Å². The van der Waals surface area contributed by atoms with Crippen LogP contribution in [0.4, 0.5) is 5.69 Å². The molecule has 1 N–H and O–H groups in total. The van der Waals surface area contributed by atoms with Crippen molar-refractivity contribution < 1.29 is 18.8 Å². The number of thioether (sulfide) groups is 1. The summed E-state index contributed by atoms with van der Waals surface area (Å²) in [5.41, 5.74) is 3.19. The highest BCUT2D eigenvalue weighted by Crippen LogP contribution is 2.26. The summed E-state index contributed by atoms with van der Waals surface area (Å²) in [5.74, 6) is 1.69. The van der Waals surface area contributed by atoms with Gasteiger partial charge in [0.25, 0.3) is 5.91 Å². The molecule has 4 rings (SSSR count). The molecule has 1 saturated heterocycles. The number of anilines is 1. The second-order valence-electron chi connectivity index (χ2n) is 7.59. The molecule has 1 fully saturated rings. The van der Waals surface area contributed by atoms with Crippen molar-refractivity contribution in [2.75, 3.05) is 16.9 Å². The summed E-state index contributed by atoms with van der Waals surface area (Å²) in [6.07, 6.45) is 0. The van der Waals surface area contributed by atoms with E-state index in [1.54, 1.807) is 53.4 Å². The Hall–Kier alpha value is -3.77. The maximum Gasteiger partial charge on any atom is 0.255 e. The Bertz CT molecular complexity index is 1200. The second-order valence-corrected chi connectivity index (χ2v) is 8.59. The van der Waals surface area contributed by atoms with Gasteiger partial charge >= 0.3 is 0 Å². The number of nitrogens with one attached hydrogen (secondary N) is 1. The lowest BCUT2D eigenvalue weighted by Gasteiger charge is -2.23. The van der Waals surface area contributed by atoms with Gasteiger partial charge in [-0.2, -0.15) is 5.26 Å². The van der Waals surface area contributed by atoms with Crippen LogP contribution in [0.3, 0.4) is 0 Å². The molecular formula is C24H22N4O4S. The van der Waals surface area contributed by atoms with Crippen molar-refractivity contribution in [3.05, 3.63) is 76.7 Å². The summed E-state index contributed by atoms with van der Waals surface area (Å²) < 4.78 is 11.0. The Balaban J connectivity index is 1.43. The number of hydrogen-bond donors (Lipinski definition) is 1. The number of nitriles is 1. The molecule has 9 heteroatoms. The molecule has 0 bridgehead atoms. The number of ether oxygens (including phenoxy) is 1. The van der Waals surface area contributed by atoms with E-state index in [4.69, 9.17) is 14.5 Å². The Morgan fingerprint density at radius 3 is 2.76 bits per heavy atom. The molecule has 0 spiro atoms. The monoisotopic (exact) mass is 462 g/mol. The Morgan fingerprint density at radius 1 is 1.27 bits per heavy atom. The summed E-state index contributed by atoms with van der Waals surface area (Å²) >= 11 is 1.53. The number of rotatable bonds is 6. The SMILES string of the molecule is Cc1noc(C)c1COc1cccc(C(=O)N2CSCC2C(=O)Nc2ccc(C#N)cc2)c1. The first kappa shape index (κ1) is 22.4. The van der Waals surface area contributed by atoms with Gasteiger partial charge < -0.3 is 19.5 Å². The predicted octanol–water partition coefficient (Wildman–Crippen LogP) is 3.90. The third-order valence-electron chi connectivity index (χ3n) is 5.37. The Morgan fingerprint density at radius 2 is 2.06 bits per heavy atom. The minimum atomic E-state index is -0.593. The van der Waals surface area contributed by atoms with Gasteiger partial charge in [0.15, 0.2) is 0 Å². The van der Waals surface area contributed by atoms with Crippen LogP contribution in [0.5, 0.6) is 5.75 Å². The quantitative estimate of drug-likeness (QED) is 0.592. The number of benzene rings is 2. The van der Waals surface area contributed by atoms with E-state index >= 15 is 0 Å². The molecule has 1 aliphatic rings. The lowest BCUT2D eigenvalue weighted by molar-refractivity contribution is -0.119. The molecule has 1 atom stereocenters. The second kappa shape index (κ2) is 9.79. The topological polar surface area (TPSA) is 108 Å². The highest BCUT2D eigenvalue weighted by molar-refractivity contribution is 7.99. The molecule has 1 aliphatic heterocycles. The Labute approximate surface area is 195 Å². The van der Waals surface area contributed by atoms with Crippen LogP contribution in [0.2, 0.25) is 0 Å². The van der Waals surface area contributed by atoms with Gasteiger partial charge in [0.05, 0.1) is 28.8 Å². The zero-order valence-electron chi connectivity index (χ0n) is 18.2. The molecule has 33 heavy (non-hydrogen) atoms. The molecule has 2 aromatic carbocycles. The van der Waals surface area contributed by atoms with Crippen LogP contribution in [-0.4, -0.2) is 39.5 Å². The zero-order valence-corrected chi connectivity index (χ0v) is 19.0. The van der Waals surface area contributed by atoms with Crippen LogP contribution in [0.25, 0.3) is 0 Å². The van der Waals surface area contributed by atoms with Crippen LogP contribution in [-0.2, 0) is 11.4 Å². The first-order valence-corrected chi connectivity index (χ1v) is 11.5. The zero-order chi connectivity index (χ0) is 23.4. The van der Waals surface area contributed by atoms with Gasteiger partial charge in [0.2, 0.25) is 5.91 Å². The number of amides is 2. The van der Waals surface area contributed by atoms with Crippen LogP contribution in [0, 0.1) is 25.2 Å². The Kier molecular flexibility index (Phi) is 6.66. The third-order valence-corrected chi connectivity index (χ3v) is 6.38. The van der Waals surface area contributed by atoms with Crippen molar-refractivity contribution in [1.82, 2.24) is 10.1 Å². The van der Waals surface area contributed by atoms with Crippen molar-refractivity contribution in [3.63, 3.8) is 0 Å². The summed E-state index contributed by atoms with van der Waals surface area (Å²) in [7, 11) is 0. The fourth-order valence-electron chi connectivity index (χ4n) is 3.46. The molecule has 1 unspecified atom stereocenters. The lowest BCUT2D eigenvalue weighted by atomic mass is 10.1. The first-order valence-electron chi connectivity index (χ1n) is 10.3. The number of hydrogen-bond acceptors (Lipinski definition) is 7. The van der Waals surface area contributed by atoms with E-state index in [9.17, 15) is 9.59 Å². The number of aryl methyl sites for hydroxylation is 2. The van der Waals surface area contributed by atoms with E-state index in [1.165, 1.54) is 11.8 Å². The summed E-state index contributed by atoms with van der Waals surface area (Å²) in [5, 5.41) is 15.7. The van der Waals surface area contributed by atoms with Crippen LogP contribution < -0.4 is 10.1 Å². The van der Waals surface area contributed by atoms with E-state index in [-0.39, 0.29) is 18.4 Å². The lowest BCUT2D eigenvalue weighted by Crippen LogP contribution is -2.44. The van der Waals surface area contributed by atoms with Crippen LogP contribution in [0.1, 0.15) is 32.9 Å². The van der Waals surface area contributed by atoms with Gasteiger partial charge in [-0.05, 0) is 56.3 Å². The third kappa shape index (κ3) is 5.02. The molecule has 168 valence electrons. The van der Waals surface area contributed by atoms with Gasteiger partial charge in [-0.3, -0.25) is 9.59 Å². The van der Waals surface area contributed by atoms with Crippen molar-refractivity contribution >= 4 is 29.3 Å². The van der Waals surface area contributed by atoms with Crippen molar-refractivity contribution in [3.8, 4) is 11.8 Å². The van der Waals surface area contributed by atoms with Crippen molar-refractivity contribution in [2.45, 2.75) is 26.5 Å². The van der Waals surface area contributed by atoms with Crippen molar-refractivity contribution in [2.24, 2.45) is 0 Å².